The van der Waals surface area contributed by atoms with Gasteiger partial charge in [-0.2, -0.15) is 0 Å². The number of aromatic nitrogens is 2. The van der Waals surface area contributed by atoms with Gasteiger partial charge in [-0.25, -0.2) is 9.97 Å². The molecule has 19 heavy (non-hydrogen) atoms. The molecule has 0 spiro atoms. The fraction of sp³-hybridized carbons (Fsp3) is 0.154. The number of hydrogen-bond donors (Lipinski definition) is 1. The zero-order valence-corrected chi connectivity index (χ0v) is 13.1. The number of benzene rings is 1. The molecule has 1 heterocycles. The van der Waals surface area contributed by atoms with Crippen LogP contribution in [0.15, 0.2) is 45.7 Å². The monoisotopic (exact) mass is 383 g/mol. The van der Waals surface area contributed by atoms with Crippen molar-refractivity contribution in [2.24, 2.45) is 0 Å². The van der Waals surface area contributed by atoms with Crippen molar-refractivity contribution in [1.29, 1.82) is 0 Å². The molecule has 1 aromatic carbocycles. The summed E-state index contributed by atoms with van der Waals surface area (Å²) in [6, 6.07) is 8.01. The number of amides is 1. The molecule has 0 bridgehead atoms. The van der Waals surface area contributed by atoms with E-state index in [0.717, 1.165) is 10.9 Å². The Morgan fingerprint density at radius 3 is 2.47 bits per heavy atom. The molecule has 1 amide bonds. The van der Waals surface area contributed by atoms with E-state index >= 15 is 0 Å². The Morgan fingerprint density at radius 1 is 1.11 bits per heavy atom. The molecule has 98 valence electrons. The molecule has 1 N–H and O–H groups in total. The molecule has 2 rings (SSSR count). The third-order valence-electron chi connectivity index (χ3n) is 2.47. The molecule has 0 unspecified atom stereocenters. The van der Waals surface area contributed by atoms with E-state index in [1.807, 2.05) is 24.3 Å². The van der Waals surface area contributed by atoms with Crippen molar-refractivity contribution >= 4 is 37.8 Å². The van der Waals surface area contributed by atoms with E-state index in [1.54, 1.807) is 0 Å². The molecule has 0 aliphatic carbocycles. The lowest BCUT2D eigenvalue weighted by molar-refractivity contribution is 0.0948. The predicted octanol–water partition coefficient (Wildman–Crippen LogP) is 2.97. The SMILES string of the molecule is O=C(NCCc1ccc(Br)cc1)c1cnc(Br)cn1. The second kappa shape index (κ2) is 6.77. The maximum Gasteiger partial charge on any atom is 0.271 e. The summed E-state index contributed by atoms with van der Waals surface area (Å²) in [6.07, 6.45) is 3.73. The fourth-order valence-electron chi connectivity index (χ4n) is 1.49. The van der Waals surface area contributed by atoms with Crippen LogP contribution in [0.25, 0.3) is 0 Å². The number of carbonyl (C=O) groups is 1. The van der Waals surface area contributed by atoms with Crippen molar-refractivity contribution in [2.45, 2.75) is 6.42 Å². The lowest BCUT2D eigenvalue weighted by atomic mass is 10.1. The van der Waals surface area contributed by atoms with Crippen LogP contribution in [0.2, 0.25) is 0 Å². The van der Waals surface area contributed by atoms with E-state index in [9.17, 15) is 4.79 Å². The van der Waals surface area contributed by atoms with E-state index in [-0.39, 0.29) is 5.91 Å². The smallest absolute Gasteiger partial charge is 0.271 e. The Balaban J connectivity index is 1.84. The molecule has 0 saturated heterocycles. The number of nitrogens with zero attached hydrogens (tertiary/aromatic N) is 2. The van der Waals surface area contributed by atoms with Gasteiger partial charge >= 0.3 is 0 Å². The van der Waals surface area contributed by atoms with Crippen LogP contribution in [0.3, 0.4) is 0 Å². The first-order valence-corrected chi connectivity index (χ1v) is 7.24. The molecule has 2 aromatic rings. The van der Waals surface area contributed by atoms with E-state index < -0.39 is 0 Å². The first-order chi connectivity index (χ1) is 9.15. The molecule has 6 heteroatoms. The summed E-state index contributed by atoms with van der Waals surface area (Å²) >= 11 is 6.56. The third kappa shape index (κ3) is 4.40. The van der Waals surface area contributed by atoms with Crippen molar-refractivity contribution in [2.75, 3.05) is 6.54 Å². The summed E-state index contributed by atoms with van der Waals surface area (Å²) in [7, 11) is 0. The fourth-order valence-corrected chi connectivity index (χ4v) is 1.96. The van der Waals surface area contributed by atoms with E-state index in [0.29, 0.717) is 16.8 Å². The Morgan fingerprint density at radius 2 is 1.84 bits per heavy atom. The molecule has 4 nitrogen and oxygen atoms in total. The van der Waals surface area contributed by atoms with Crippen LogP contribution in [0.5, 0.6) is 0 Å². The van der Waals surface area contributed by atoms with Gasteiger partial charge in [-0.05, 0) is 40.0 Å². The van der Waals surface area contributed by atoms with Crippen LogP contribution in [-0.4, -0.2) is 22.4 Å². The highest BCUT2D eigenvalue weighted by Gasteiger charge is 2.06. The topological polar surface area (TPSA) is 54.9 Å². The van der Waals surface area contributed by atoms with Gasteiger partial charge in [-0.1, -0.05) is 28.1 Å². The number of carbonyl (C=O) groups excluding carboxylic acids is 1. The van der Waals surface area contributed by atoms with E-state index in [4.69, 9.17) is 0 Å². The maximum atomic E-state index is 11.8. The van der Waals surface area contributed by atoms with Gasteiger partial charge in [0.15, 0.2) is 0 Å². The Hall–Kier alpha value is -1.27. The summed E-state index contributed by atoms with van der Waals surface area (Å²) in [5.41, 5.74) is 1.49. The molecule has 0 atom stereocenters. The summed E-state index contributed by atoms with van der Waals surface area (Å²) in [5.74, 6) is -0.211. The van der Waals surface area contributed by atoms with Crippen molar-refractivity contribution in [3.8, 4) is 0 Å². The highest BCUT2D eigenvalue weighted by Crippen LogP contribution is 2.10. The van der Waals surface area contributed by atoms with Crippen molar-refractivity contribution in [1.82, 2.24) is 15.3 Å². The summed E-state index contributed by atoms with van der Waals surface area (Å²) in [4.78, 5) is 19.7. The van der Waals surface area contributed by atoms with Crippen molar-refractivity contribution in [3.63, 3.8) is 0 Å². The van der Waals surface area contributed by atoms with Crippen LogP contribution < -0.4 is 5.32 Å². The Kier molecular flexibility index (Phi) is 5.04. The van der Waals surface area contributed by atoms with Crippen molar-refractivity contribution < 1.29 is 4.79 Å². The second-order valence-electron chi connectivity index (χ2n) is 3.86. The van der Waals surface area contributed by atoms with Gasteiger partial charge in [-0.3, -0.25) is 4.79 Å². The molecule has 0 radical (unpaired) electrons. The van der Waals surface area contributed by atoms with Crippen molar-refractivity contribution in [3.05, 3.63) is 57.0 Å². The number of halogens is 2. The first kappa shape index (κ1) is 14.1. The summed E-state index contributed by atoms with van der Waals surface area (Å²) < 4.78 is 1.66. The minimum absolute atomic E-state index is 0.211. The van der Waals surface area contributed by atoms with E-state index in [2.05, 4.69) is 47.1 Å². The largest absolute Gasteiger partial charge is 0.350 e. The summed E-state index contributed by atoms with van der Waals surface area (Å²) in [5, 5.41) is 2.81. The zero-order chi connectivity index (χ0) is 13.7. The lowest BCUT2D eigenvalue weighted by Gasteiger charge is -2.05. The van der Waals surface area contributed by atoms with E-state index in [1.165, 1.54) is 18.0 Å². The van der Waals surface area contributed by atoms with Gasteiger partial charge in [0.05, 0.1) is 12.4 Å². The van der Waals surface area contributed by atoms with Gasteiger partial charge < -0.3 is 5.32 Å². The Labute approximate surface area is 127 Å². The second-order valence-corrected chi connectivity index (χ2v) is 5.58. The maximum absolute atomic E-state index is 11.8. The third-order valence-corrected chi connectivity index (χ3v) is 3.40. The van der Waals surface area contributed by atoms with Gasteiger partial charge in [0.1, 0.15) is 10.3 Å². The van der Waals surface area contributed by atoms with Crippen LogP contribution in [0.1, 0.15) is 16.1 Å². The van der Waals surface area contributed by atoms with Gasteiger partial charge in [0, 0.05) is 11.0 Å². The average Bonchev–Trinajstić information content (AvgIpc) is 2.41. The molecular weight excluding hydrogens is 374 g/mol. The highest BCUT2D eigenvalue weighted by molar-refractivity contribution is 9.10. The average molecular weight is 385 g/mol. The molecule has 0 saturated carbocycles. The minimum atomic E-state index is -0.211. The highest BCUT2D eigenvalue weighted by atomic mass is 79.9. The van der Waals surface area contributed by atoms with Gasteiger partial charge in [0.25, 0.3) is 5.91 Å². The lowest BCUT2D eigenvalue weighted by Crippen LogP contribution is -2.26. The molecular formula is C13H11Br2N3O. The number of hydrogen-bond acceptors (Lipinski definition) is 3. The van der Waals surface area contributed by atoms with Crippen LogP contribution in [-0.2, 0) is 6.42 Å². The van der Waals surface area contributed by atoms with Crippen LogP contribution in [0, 0.1) is 0 Å². The molecule has 0 aliphatic heterocycles. The number of rotatable bonds is 4. The minimum Gasteiger partial charge on any atom is -0.350 e. The Bertz CT molecular complexity index is 555. The van der Waals surface area contributed by atoms with Gasteiger partial charge in [-0.15, -0.1) is 0 Å². The quantitative estimate of drug-likeness (QED) is 0.881. The molecule has 0 aliphatic rings. The summed E-state index contributed by atoms with van der Waals surface area (Å²) in [6.45, 7) is 0.568. The normalized spacial score (nSPS) is 10.2. The molecule has 1 aromatic heterocycles. The first-order valence-electron chi connectivity index (χ1n) is 5.65. The standard InChI is InChI=1S/C13H11Br2N3O/c14-10-3-1-9(2-4-10)5-6-16-13(19)11-7-18-12(15)8-17-11/h1-4,7-8H,5-6H2,(H,16,19). The molecule has 0 fully saturated rings. The van der Waals surface area contributed by atoms with Gasteiger partial charge in [0.2, 0.25) is 0 Å². The predicted molar refractivity (Wildman–Crippen MR) is 79.9 cm³/mol. The van der Waals surface area contributed by atoms with Crippen LogP contribution >= 0.6 is 31.9 Å². The zero-order valence-electron chi connectivity index (χ0n) is 9.94. The van der Waals surface area contributed by atoms with Crippen LogP contribution in [0.4, 0.5) is 0 Å². The number of nitrogens with one attached hydrogen (secondary N) is 1.